The van der Waals surface area contributed by atoms with Gasteiger partial charge in [-0.1, -0.05) is 25.1 Å². The number of anilines is 1. The van der Waals surface area contributed by atoms with E-state index in [2.05, 4.69) is 42.5 Å². The van der Waals surface area contributed by atoms with Gasteiger partial charge in [-0.3, -0.25) is 9.78 Å². The zero-order chi connectivity index (χ0) is 21.8. The highest BCUT2D eigenvalue weighted by Gasteiger charge is 2.16. The quantitative estimate of drug-likeness (QED) is 0.466. The molecule has 4 rings (SSSR count). The van der Waals surface area contributed by atoms with Crippen molar-refractivity contribution in [2.24, 2.45) is 0 Å². The van der Waals surface area contributed by atoms with Crippen molar-refractivity contribution < 1.29 is 4.79 Å². The monoisotopic (exact) mass is 447 g/mol. The fourth-order valence-corrected chi connectivity index (χ4v) is 3.41. The average Bonchev–Trinajstić information content (AvgIpc) is 2.82. The Bertz CT molecular complexity index is 1230. The van der Waals surface area contributed by atoms with Crippen LogP contribution in [0.3, 0.4) is 0 Å². The molecule has 0 radical (unpaired) electrons. The van der Waals surface area contributed by atoms with Gasteiger partial charge in [0.25, 0.3) is 5.91 Å². The van der Waals surface area contributed by atoms with E-state index in [0.717, 1.165) is 39.2 Å². The Balaban J connectivity index is 0.00000289. The molecule has 0 aliphatic rings. The summed E-state index contributed by atoms with van der Waals surface area (Å²) < 4.78 is 0. The Morgan fingerprint density at radius 3 is 2.59 bits per heavy atom. The molecule has 4 aromatic rings. The lowest BCUT2D eigenvalue weighted by atomic mass is 9.97. The Morgan fingerprint density at radius 2 is 1.84 bits per heavy atom. The van der Waals surface area contributed by atoms with Crippen molar-refractivity contribution in [3.63, 3.8) is 0 Å². The summed E-state index contributed by atoms with van der Waals surface area (Å²) in [5.41, 5.74) is 4.90. The van der Waals surface area contributed by atoms with Gasteiger partial charge in [-0.15, -0.1) is 0 Å². The van der Waals surface area contributed by atoms with Gasteiger partial charge in [0.2, 0.25) is 0 Å². The molecule has 1 amide bonds. The Kier molecular flexibility index (Phi) is 7.32. The summed E-state index contributed by atoms with van der Waals surface area (Å²) in [6.07, 6.45) is 4.79. The summed E-state index contributed by atoms with van der Waals surface area (Å²) in [7, 11) is 1.59. The van der Waals surface area contributed by atoms with Crippen molar-refractivity contribution in [3.8, 4) is 11.3 Å². The summed E-state index contributed by atoms with van der Waals surface area (Å²) in [5.74, 6) is 0.628. The second-order valence-electron chi connectivity index (χ2n) is 7.30. The average molecular weight is 448 g/mol. The van der Waals surface area contributed by atoms with Gasteiger partial charge in [0.15, 0.2) is 0 Å². The first-order chi connectivity index (χ1) is 15.1. The molecular weight excluding hydrogens is 422 g/mol. The maximum absolute atomic E-state index is 12.2. The van der Waals surface area contributed by atoms with Gasteiger partial charge in [0.05, 0.1) is 11.2 Å². The van der Waals surface area contributed by atoms with Gasteiger partial charge in [0.1, 0.15) is 24.2 Å². The molecule has 1 aromatic carbocycles. The van der Waals surface area contributed by atoms with Crippen molar-refractivity contribution in [2.45, 2.75) is 19.8 Å². The second kappa shape index (κ2) is 10.1. The highest BCUT2D eigenvalue weighted by molar-refractivity contribution is 7.59. The van der Waals surface area contributed by atoms with E-state index in [-0.39, 0.29) is 25.3 Å². The number of hydrogen-bond donors (Lipinski definition) is 2. The number of hydrogen-bond acceptors (Lipinski definition) is 7. The summed E-state index contributed by atoms with van der Waals surface area (Å²) in [6.45, 7) is 4.70. The minimum Gasteiger partial charge on any atom is -0.369 e. The van der Waals surface area contributed by atoms with Crippen LogP contribution in [0.2, 0.25) is 0 Å². The zero-order valence-corrected chi connectivity index (χ0v) is 19.1. The number of carbonyl (C=O) groups is 1. The first-order valence-electron chi connectivity index (χ1n) is 10.0. The third-order valence-corrected chi connectivity index (χ3v) is 5.13. The third-order valence-electron chi connectivity index (χ3n) is 5.13. The van der Waals surface area contributed by atoms with Gasteiger partial charge in [-0.05, 0) is 24.6 Å². The van der Waals surface area contributed by atoms with E-state index in [0.29, 0.717) is 12.2 Å². The summed E-state index contributed by atoms with van der Waals surface area (Å²) in [4.78, 5) is 33.8. The van der Waals surface area contributed by atoms with Gasteiger partial charge in [-0.2, -0.15) is 13.5 Å². The van der Waals surface area contributed by atoms with E-state index in [1.807, 2.05) is 49.5 Å². The predicted octanol–water partition coefficient (Wildman–Crippen LogP) is 3.48. The van der Waals surface area contributed by atoms with Crippen molar-refractivity contribution >= 4 is 36.1 Å². The number of rotatable bonds is 6. The molecule has 8 nitrogen and oxygen atoms in total. The van der Waals surface area contributed by atoms with E-state index in [1.165, 1.54) is 6.33 Å². The van der Waals surface area contributed by atoms with Crippen LogP contribution in [0.5, 0.6) is 0 Å². The Labute approximate surface area is 193 Å². The minimum absolute atomic E-state index is 0. The molecule has 3 aromatic heterocycles. The van der Waals surface area contributed by atoms with Crippen LogP contribution in [0.1, 0.15) is 34.6 Å². The summed E-state index contributed by atoms with van der Waals surface area (Å²) >= 11 is 0. The topological polar surface area (TPSA) is 106 Å². The van der Waals surface area contributed by atoms with Crippen LogP contribution in [0.25, 0.3) is 22.2 Å². The maximum Gasteiger partial charge on any atom is 0.270 e. The molecule has 0 fully saturated rings. The molecule has 9 heteroatoms. The molecule has 164 valence electrons. The molecular formula is C23H25N7OS. The molecule has 0 saturated carbocycles. The number of aromatic nitrogens is 5. The van der Waals surface area contributed by atoms with Gasteiger partial charge in [-0.25, -0.2) is 19.9 Å². The van der Waals surface area contributed by atoms with E-state index >= 15 is 0 Å². The van der Waals surface area contributed by atoms with Crippen LogP contribution in [-0.4, -0.2) is 44.4 Å². The number of amides is 1. The van der Waals surface area contributed by atoms with E-state index in [4.69, 9.17) is 0 Å². The zero-order valence-electron chi connectivity index (χ0n) is 18.1. The number of carbonyl (C=O) groups excluding carboxylic acids is 1. The molecule has 0 aliphatic heterocycles. The van der Waals surface area contributed by atoms with Crippen LogP contribution in [0, 0.1) is 6.92 Å². The van der Waals surface area contributed by atoms with E-state index < -0.39 is 0 Å². The Morgan fingerprint density at radius 1 is 1.03 bits per heavy atom. The molecule has 1 atom stereocenters. The molecule has 0 saturated heterocycles. The standard InChI is InChI=1S/C23H23N7O.H2S/c1-14(17-5-4-6-18-21(17)29-13-30-22(18)23(31)24-3)10-26-20-9-19(27-12-28-20)16-8-7-15(2)25-11-16;/h4-9,11-14H,10H2,1-3H3,(H,24,31)(H,26,27,28);1H2/t14-;/m1./s1. The van der Waals surface area contributed by atoms with E-state index in [1.54, 1.807) is 13.4 Å². The van der Waals surface area contributed by atoms with Gasteiger partial charge >= 0.3 is 0 Å². The fraction of sp³-hybridized carbons (Fsp3) is 0.217. The largest absolute Gasteiger partial charge is 0.369 e. The minimum atomic E-state index is -0.227. The molecule has 2 N–H and O–H groups in total. The van der Waals surface area contributed by atoms with E-state index in [9.17, 15) is 4.79 Å². The highest BCUT2D eigenvalue weighted by atomic mass is 32.1. The number of aryl methyl sites for hydroxylation is 1. The number of nitrogens with one attached hydrogen (secondary N) is 2. The number of nitrogens with zero attached hydrogens (tertiary/aromatic N) is 5. The summed E-state index contributed by atoms with van der Waals surface area (Å²) in [6, 6.07) is 11.7. The SMILES string of the molecule is CNC(=O)c1ncnc2c([C@H](C)CNc3cc(-c4ccc(C)nc4)ncn3)cccc12.S. The van der Waals surface area contributed by atoms with Crippen molar-refractivity contribution in [2.75, 3.05) is 18.9 Å². The fourth-order valence-electron chi connectivity index (χ4n) is 3.41. The van der Waals surface area contributed by atoms with Crippen LogP contribution in [-0.2, 0) is 0 Å². The molecule has 32 heavy (non-hydrogen) atoms. The molecule has 0 unspecified atom stereocenters. The number of pyridine rings is 1. The molecule has 3 heterocycles. The summed E-state index contributed by atoms with van der Waals surface area (Å²) in [5, 5.41) is 6.75. The molecule has 0 bridgehead atoms. The number of fused-ring (bicyclic) bond motifs is 1. The van der Waals surface area contributed by atoms with Crippen LogP contribution in [0.4, 0.5) is 5.82 Å². The normalized spacial score (nSPS) is 11.5. The third kappa shape index (κ3) is 4.83. The first kappa shape index (κ1) is 23.1. The van der Waals surface area contributed by atoms with Crippen LogP contribution >= 0.6 is 13.5 Å². The predicted molar refractivity (Wildman–Crippen MR) is 130 cm³/mol. The lowest BCUT2D eigenvalue weighted by Gasteiger charge is -2.16. The van der Waals surface area contributed by atoms with Crippen LogP contribution < -0.4 is 10.6 Å². The molecule has 0 aliphatic carbocycles. The van der Waals surface area contributed by atoms with Crippen molar-refractivity contribution in [1.82, 2.24) is 30.2 Å². The van der Waals surface area contributed by atoms with Crippen molar-refractivity contribution in [3.05, 3.63) is 72.2 Å². The number of benzene rings is 1. The van der Waals surface area contributed by atoms with Crippen LogP contribution in [0.15, 0.2) is 55.2 Å². The number of para-hydroxylation sites is 1. The van der Waals surface area contributed by atoms with Gasteiger partial charge < -0.3 is 10.6 Å². The van der Waals surface area contributed by atoms with Crippen molar-refractivity contribution in [1.29, 1.82) is 0 Å². The highest BCUT2D eigenvalue weighted by Crippen LogP contribution is 2.26. The maximum atomic E-state index is 12.2. The Hall–Kier alpha value is -3.59. The smallest absolute Gasteiger partial charge is 0.270 e. The second-order valence-corrected chi connectivity index (χ2v) is 7.30. The lowest BCUT2D eigenvalue weighted by molar-refractivity contribution is 0.0960. The van der Waals surface area contributed by atoms with Gasteiger partial charge in [0, 0.05) is 48.4 Å². The lowest BCUT2D eigenvalue weighted by Crippen LogP contribution is -2.20. The first-order valence-corrected chi connectivity index (χ1v) is 10.0. The molecule has 0 spiro atoms.